The minimum Gasteiger partial charge on any atom is -0.481 e. The molecule has 0 aromatic carbocycles. The van der Waals surface area contributed by atoms with Crippen LogP contribution in [0.2, 0.25) is 0 Å². The van der Waals surface area contributed by atoms with Gasteiger partial charge in [0.2, 0.25) is 0 Å². The Morgan fingerprint density at radius 2 is 1.89 bits per heavy atom. The zero-order valence-corrected chi connectivity index (χ0v) is 11.8. The number of urea groups is 1. The predicted molar refractivity (Wildman–Crippen MR) is 71.9 cm³/mol. The molecule has 0 saturated heterocycles. The Balaban J connectivity index is 1.90. The van der Waals surface area contributed by atoms with E-state index in [-0.39, 0.29) is 18.5 Å². The third-order valence-corrected chi connectivity index (χ3v) is 3.70. The van der Waals surface area contributed by atoms with Crippen molar-refractivity contribution in [1.29, 1.82) is 0 Å². The molecule has 19 heavy (non-hydrogen) atoms. The molecule has 0 aromatic heterocycles. The van der Waals surface area contributed by atoms with Crippen LogP contribution in [0.25, 0.3) is 0 Å². The Bertz CT molecular complexity index is 349. The SMILES string of the molecule is CC(C)CN(C(=O)NC(CC(=O)O)C1CC1)C1CC1. The quantitative estimate of drug-likeness (QED) is 0.742. The van der Waals surface area contributed by atoms with Gasteiger partial charge in [-0.15, -0.1) is 0 Å². The van der Waals surface area contributed by atoms with E-state index in [9.17, 15) is 9.59 Å². The molecule has 0 spiro atoms. The standard InChI is InChI=1S/C14H24N2O3/c1-9(2)8-16(11-5-6-11)14(19)15-12(7-13(17)18)10-3-4-10/h9-12H,3-8H2,1-2H3,(H,15,19)(H,17,18). The maximum Gasteiger partial charge on any atom is 0.317 e. The first kappa shape index (κ1) is 14.2. The van der Waals surface area contributed by atoms with E-state index in [0.29, 0.717) is 17.9 Å². The second kappa shape index (κ2) is 5.80. The highest BCUT2D eigenvalue weighted by Crippen LogP contribution is 2.34. The molecular weight excluding hydrogens is 244 g/mol. The number of amides is 2. The lowest BCUT2D eigenvalue weighted by molar-refractivity contribution is -0.137. The van der Waals surface area contributed by atoms with Gasteiger partial charge in [-0.2, -0.15) is 0 Å². The Kier molecular flexibility index (Phi) is 4.32. The number of rotatable bonds is 7. The number of carboxylic acid groups (broad SMARTS) is 1. The highest BCUT2D eigenvalue weighted by Gasteiger charge is 2.37. The van der Waals surface area contributed by atoms with Crippen LogP contribution in [0, 0.1) is 11.8 Å². The van der Waals surface area contributed by atoms with Gasteiger partial charge in [0.25, 0.3) is 0 Å². The van der Waals surface area contributed by atoms with Gasteiger partial charge in [-0.05, 0) is 37.5 Å². The molecule has 2 aliphatic carbocycles. The summed E-state index contributed by atoms with van der Waals surface area (Å²) in [5.74, 6) is -0.0376. The van der Waals surface area contributed by atoms with E-state index in [1.807, 2.05) is 4.90 Å². The van der Waals surface area contributed by atoms with Crippen molar-refractivity contribution < 1.29 is 14.7 Å². The lowest BCUT2D eigenvalue weighted by Crippen LogP contribution is -2.48. The van der Waals surface area contributed by atoms with Crippen molar-refractivity contribution in [2.75, 3.05) is 6.54 Å². The number of hydrogen-bond donors (Lipinski definition) is 2. The average Bonchev–Trinajstić information content (AvgIpc) is 3.15. The van der Waals surface area contributed by atoms with Crippen molar-refractivity contribution in [2.45, 2.75) is 58.0 Å². The normalized spacial score (nSPS) is 20.2. The van der Waals surface area contributed by atoms with Gasteiger partial charge in [0.15, 0.2) is 0 Å². The van der Waals surface area contributed by atoms with Crippen LogP contribution in [0.4, 0.5) is 4.79 Å². The van der Waals surface area contributed by atoms with Crippen LogP contribution in [0.1, 0.15) is 46.0 Å². The zero-order chi connectivity index (χ0) is 14.0. The van der Waals surface area contributed by atoms with Gasteiger partial charge in [-0.1, -0.05) is 13.8 Å². The largest absolute Gasteiger partial charge is 0.481 e. The molecule has 0 radical (unpaired) electrons. The highest BCUT2D eigenvalue weighted by atomic mass is 16.4. The van der Waals surface area contributed by atoms with Gasteiger partial charge in [-0.25, -0.2) is 4.79 Å². The summed E-state index contributed by atoms with van der Waals surface area (Å²) in [5, 5.41) is 11.9. The number of carbonyl (C=O) groups excluding carboxylic acids is 1. The summed E-state index contributed by atoms with van der Waals surface area (Å²) in [6.07, 6.45) is 4.26. The summed E-state index contributed by atoms with van der Waals surface area (Å²) in [6, 6.07) is 0.0971. The van der Waals surface area contributed by atoms with E-state index < -0.39 is 5.97 Å². The number of carbonyl (C=O) groups is 2. The third kappa shape index (κ3) is 4.40. The van der Waals surface area contributed by atoms with Crippen molar-refractivity contribution in [3.63, 3.8) is 0 Å². The second-order valence-electron chi connectivity index (χ2n) is 6.27. The molecule has 2 N–H and O–H groups in total. The Morgan fingerprint density at radius 1 is 1.26 bits per heavy atom. The van der Waals surface area contributed by atoms with Crippen molar-refractivity contribution in [1.82, 2.24) is 10.2 Å². The molecule has 108 valence electrons. The minimum absolute atomic E-state index is 0.0383. The molecule has 2 amide bonds. The third-order valence-electron chi connectivity index (χ3n) is 3.70. The molecule has 1 unspecified atom stereocenters. The first-order chi connectivity index (χ1) is 8.97. The molecule has 0 aliphatic heterocycles. The molecule has 0 heterocycles. The molecular formula is C14H24N2O3. The molecule has 1 atom stereocenters. The number of nitrogens with one attached hydrogen (secondary N) is 1. The first-order valence-electron chi connectivity index (χ1n) is 7.26. The lowest BCUT2D eigenvalue weighted by Gasteiger charge is -2.27. The summed E-state index contributed by atoms with van der Waals surface area (Å²) in [7, 11) is 0. The molecule has 5 nitrogen and oxygen atoms in total. The van der Waals surface area contributed by atoms with Crippen LogP contribution in [0.15, 0.2) is 0 Å². The van der Waals surface area contributed by atoms with Crippen molar-refractivity contribution in [2.24, 2.45) is 11.8 Å². The number of hydrogen-bond acceptors (Lipinski definition) is 2. The van der Waals surface area contributed by atoms with E-state index in [4.69, 9.17) is 5.11 Å². The van der Waals surface area contributed by atoms with Crippen molar-refractivity contribution in [3.05, 3.63) is 0 Å². The van der Waals surface area contributed by atoms with Crippen molar-refractivity contribution >= 4 is 12.0 Å². The molecule has 2 aliphatic rings. The fourth-order valence-electron chi connectivity index (χ4n) is 2.44. The molecule has 5 heteroatoms. The van der Waals surface area contributed by atoms with E-state index in [1.54, 1.807) is 0 Å². The summed E-state index contributed by atoms with van der Waals surface area (Å²) >= 11 is 0. The van der Waals surface area contributed by atoms with Crippen LogP contribution >= 0.6 is 0 Å². The van der Waals surface area contributed by atoms with Gasteiger partial charge in [0.1, 0.15) is 0 Å². The molecule has 2 rings (SSSR count). The maximum absolute atomic E-state index is 12.3. The number of aliphatic carboxylic acids is 1. The molecule has 2 saturated carbocycles. The van der Waals surface area contributed by atoms with Gasteiger partial charge in [0, 0.05) is 18.6 Å². The van der Waals surface area contributed by atoms with E-state index in [2.05, 4.69) is 19.2 Å². The monoisotopic (exact) mass is 268 g/mol. The van der Waals surface area contributed by atoms with Crippen LogP contribution in [0.3, 0.4) is 0 Å². The second-order valence-corrected chi connectivity index (χ2v) is 6.27. The van der Waals surface area contributed by atoms with Gasteiger partial charge >= 0.3 is 12.0 Å². The summed E-state index contributed by atoms with van der Waals surface area (Å²) in [4.78, 5) is 25.0. The topological polar surface area (TPSA) is 69.6 Å². The maximum atomic E-state index is 12.3. The highest BCUT2D eigenvalue weighted by molar-refractivity contribution is 5.76. The van der Waals surface area contributed by atoms with E-state index in [0.717, 1.165) is 32.2 Å². The Hall–Kier alpha value is -1.26. The average molecular weight is 268 g/mol. The Morgan fingerprint density at radius 3 is 2.32 bits per heavy atom. The fraction of sp³-hybridized carbons (Fsp3) is 0.857. The molecule has 0 aromatic rings. The van der Waals surface area contributed by atoms with E-state index in [1.165, 1.54) is 0 Å². The van der Waals surface area contributed by atoms with Gasteiger partial charge < -0.3 is 15.3 Å². The Labute approximate surface area is 114 Å². The molecule has 0 bridgehead atoms. The predicted octanol–water partition coefficient (Wildman–Crippen LogP) is 2.07. The van der Waals surface area contributed by atoms with Crippen LogP contribution < -0.4 is 5.32 Å². The zero-order valence-electron chi connectivity index (χ0n) is 11.8. The van der Waals surface area contributed by atoms with E-state index >= 15 is 0 Å². The van der Waals surface area contributed by atoms with Gasteiger partial charge in [-0.3, -0.25) is 4.79 Å². The van der Waals surface area contributed by atoms with Crippen molar-refractivity contribution in [3.8, 4) is 0 Å². The molecule has 2 fully saturated rings. The fourth-order valence-corrected chi connectivity index (χ4v) is 2.44. The minimum atomic E-state index is -0.834. The number of carboxylic acids is 1. The first-order valence-corrected chi connectivity index (χ1v) is 7.26. The summed E-state index contributed by atoms with van der Waals surface area (Å²) in [5.41, 5.74) is 0. The van der Waals surface area contributed by atoms with Crippen LogP contribution in [0.5, 0.6) is 0 Å². The summed E-state index contributed by atoms with van der Waals surface area (Å²) in [6.45, 7) is 4.94. The smallest absolute Gasteiger partial charge is 0.317 e. The lowest BCUT2D eigenvalue weighted by atomic mass is 10.1. The number of nitrogens with zero attached hydrogens (tertiary/aromatic N) is 1. The van der Waals surface area contributed by atoms with Crippen LogP contribution in [-0.2, 0) is 4.79 Å². The van der Waals surface area contributed by atoms with Gasteiger partial charge in [0.05, 0.1) is 6.42 Å². The summed E-state index contributed by atoms with van der Waals surface area (Å²) < 4.78 is 0. The van der Waals surface area contributed by atoms with Crippen LogP contribution in [-0.4, -0.2) is 40.6 Å².